The van der Waals surface area contributed by atoms with Gasteiger partial charge in [0.25, 0.3) is 5.91 Å². The number of nitrogens with two attached hydrogens (primary N) is 1. The quantitative estimate of drug-likeness (QED) is 0.411. The van der Waals surface area contributed by atoms with E-state index < -0.39 is 27.7 Å². The summed E-state index contributed by atoms with van der Waals surface area (Å²) in [5, 5.41) is 8.40. The lowest BCUT2D eigenvalue weighted by Gasteiger charge is -2.19. The van der Waals surface area contributed by atoms with Crippen molar-refractivity contribution in [3.05, 3.63) is 70.6 Å². The van der Waals surface area contributed by atoms with Gasteiger partial charge in [-0.3, -0.25) is 4.79 Å². The molecule has 0 aliphatic rings. The summed E-state index contributed by atoms with van der Waals surface area (Å²) >= 11 is 6.26. The number of aromatic nitrogens is 2. The molecule has 0 saturated heterocycles. The summed E-state index contributed by atoms with van der Waals surface area (Å²) < 4.78 is 31.4. The number of amides is 1. The average molecular weight is 547 g/mol. The molecule has 0 aliphatic carbocycles. The fourth-order valence-corrected chi connectivity index (χ4v) is 5.08. The van der Waals surface area contributed by atoms with Gasteiger partial charge in [0.2, 0.25) is 10.0 Å². The molecule has 1 heterocycles. The molecular formula is C27H35ClN4O4S. The molecule has 3 N–H and O–H groups in total. The first-order chi connectivity index (χ1) is 17.1. The van der Waals surface area contributed by atoms with Crippen LogP contribution in [0.1, 0.15) is 56.4 Å². The number of ether oxygens (including phenoxy) is 1. The molecule has 1 atom stereocenters. The van der Waals surface area contributed by atoms with Crippen LogP contribution in [0.25, 0.3) is 11.3 Å². The van der Waals surface area contributed by atoms with E-state index in [2.05, 4.69) is 26.1 Å². The number of nitrogens with zero attached hydrogens (tertiary/aromatic N) is 2. The number of carbonyl (C=O) groups excluding carboxylic acids is 1. The molecule has 1 aromatic heterocycles. The van der Waals surface area contributed by atoms with Gasteiger partial charge in [-0.05, 0) is 44.0 Å². The van der Waals surface area contributed by atoms with E-state index in [9.17, 15) is 13.2 Å². The highest BCUT2D eigenvalue weighted by Crippen LogP contribution is 2.27. The number of imidazole rings is 1. The maximum Gasteiger partial charge on any atom is 0.251 e. The van der Waals surface area contributed by atoms with E-state index in [1.165, 1.54) is 6.07 Å². The van der Waals surface area contributed by atoms with Crippen LogP contribution in [-0.2, 0) is 28.9 Å². The highest BCUT2D eigenvalue weighted by Gasteiger charge is 2.22. The van der Waals surface area contributed by atoms with Crippen LogP contribution in [0.15, 0.2) is 48.7 Å². The van der Waals surface area contributed by atoms with Gasteiger partial charge < -0.3 is 14.6 Å². The van der Waals surface area contributed by atoms with Crippen LogP contribution in [0, 0.1) is 0 Å². The molecule has 0 fully saturated rings. The van der Waals surface area contributed by atoms with Crippen molar-refractivity contribution in [2.24, 2.45) is 12.2 Å². The van der Waals surface area contributed by atoms with Gasteiger partial charge >= 0.3 is 0 Å². The molecule has 200 valence electrons. The van der Waals surface area contributed by atoms with Crippen LogP contribution >= 0.6 is 11.6 Å². The highest BCUT2D eigenvalue weighted by atomic mass is 35.5. The molecule has 1 amide bonds. The molecule has 2 aromatic carbocycles. The van der Waals surface area contributed by atoms with Gasteiger partial charge in [0, 0.05) is 35.8 Å². The molecule has 0 aliphatic heterocycles. The van der Waals surface area contributed by atoms with Crippen LogP contribution in [0.3, 0.4) is 0 Å². The van der Waals surface area contributed by atoms with Crippen LogP contribution in [0.2, 0.25) is 5.02 Å². The molecule has 0 unspecified atom stereocenters. The number of benzene rings is 2. The van der Waals surface area contributed by atoms with Crippen molar-refractivity contribution in [3.63, 3.8) is 0 Å². The lowest BCUT2D eigenvalue weighted by atomic mass is 9.96. The van der Waals surface area contributed by atoms with Crippen LogP contribution in [0.4, 0.5) is 0 Å². The van der Waals surface area contributed by atoms with Crippen molar-refractivity contribution in [3.8, 4) is 17.0 Å². The number of rotatable bonds is 9. The summed E-state index contributed by atoms with van der Waals surface area (Å²) in [7, 11) is -1.86. The first kappa shape index (κ1) is 28.7. The average Bonchev–Trinajstić information content (AvgIpc) is 3.16. The predicted octanol–water partition coefficient (Wildman–Crippen LogP) is 4.45. The number of primary sulfonamides is 1. The monoisotopic (exact) mass is 546 g/mol. The van der Waals surface area contributed by atoms with Gasteiger partial charge in [0.1, 0.15) is 11.6 Å². The van der Waals surface area contributed by atoms with E-state index in [1.54, 1.807) is 12.1 Å². The minimum atomic E-state index is -3.84. The van der Waals surface area contributed by atoms with Crippen LogP contribution in [0.5, 0.6) is 5.75 Å². The number of nitrogens with one attached hydrogen (secondary N) is 1. The zero-order valence-corrected chi connectivity index (χ0v) is 23.7. The number of aryl methyl sites for hydroxylation is 1. The van der Waals surface area contributed by atoms with Crippen molar-refractivity contribution < 1.29 is 17.9 Å². The Kier molecular flexibility index (Phi) is 8.72. The number of hydrogen-bond donors (Lipinski definition) is 2. The molecule has 10 heteroatoms. The summed E-state index contributed by atoms with van der Waals surface area (Å²) in [5.74, 6) is 0.590. The summed E-state index contributed by atoms with van der Waals surface area (Å²) in [6.45, 7) is 10.1. The second-order valence-corrected chi connectivity index (χ2v) is 12.6. The fraction of sp³-hybridized carbons (Fsp3) is 0.407. The van der Waals surface area contributed by atoms with Crippen molar-refractivity contribution in [1.82, 2.24) is 14.9 Å². The van der Waals surface area contributed by atoms with Crippen molar-refractivity contribution in [2.75, 3.05) is 5.75 Å². The first-order valence-corrected chi connectivity index (χ1v) is 14.1. The molecular weight excluding hydrogens is 512 g/mol. The molecule has 0 saturated carbocycles. The summed E-state index contributed by atoms with van der Waals surface area (Å²) in [4.78, 5) is 17.7. The summed E-state index contributed by atoms with van der Waals surface area (Å²) in [6, 6.07) is 11.6. The van der Waals surface area contributed by atoms with Crippen molar-refractivity contribution in [2.45, 2.75) is 58.6 Å². The number of halogens is 1. The Morgan fingerprint density at radius 1 is 1.16 bits per heavy atom. The lowest BCUT2D eigenvalue weighted by Crippen LogP contribution is -2.42. The minimum absolute atomic E-state index is 0.0686. The third kappa shape index (κ3) is 8.05. The first-order valence-electron chi connectivity index (χ1n) is 12.0. The summed E-state index contributed by atoms with van der Waals surface area (Å²) in [5.41, 5.74) is 2.86. The number of sulfonamides is 1. The molecule has 0 spiro atoms. The largest absolute Gasteiger partial charge is 0.489 e. The standard InChI is InChI=1S/C27H35ClN4O4S/c1-17(2)36-24-12-11-20(14-22(24)28)25(33)30-21(16-37(29,34)35)13-18-7-9-19(10-8-18)23-15-32(6)26(31-23)27(3,4)5/h7-12,14-15,17,21H,13,16H2,1-6H3,(H,30,33)(H2,29,34,35)/t21-/m0/s1. The predicted molar refractivity (Wildman–Crippen MR) is 147 cm³/mol. The maximum absolute atomic E-state index is 12.9. The Balaban J connectivity index is 1.77. The topological polar surface area (TPSA) is 116 Å². The number of hydrogen-bond acceptors (Lipinski definition) is 5. The van der Waals surface area contributed by atoms with E-state index in [4.69, 9.17) is 26.5 Å². The SMILES string of the molecule is CC(C)Oc1ccc(C(=O)N[C@@H](Cc2ccc(-c3cn(C)c(C(C)(C)C)n3)cc2)CS(N)(=O)=O)cc1Cl. The minimum Gasteiger partial charge on any atom is -0.489 e. The Bertz CT molecular complexity index is 1360. The summed E-state index contributed by atoms with van der Waals surface area (Å²) in [6.07, 6.45) is 2.20. The Morgan fingerprint density at radius 3 is 2.32 bits per heavy atom. The lowest BCUT2D eigenvalue weighted by molar-refractivity contribution is 0.0940. The molecule has 3 rings (SSSR count). The van der Waals surface area contributed by atoms with E-state index in [0.717, 1.165) is 22.6 Å². The normalized spacial score (nSPS) is 13.0. The third-order valence-electron chi connectivity index (χ3n) is 5.60. The Morgan fingerprint density at radius 2 is 1.81 bits per heavy atom. The van der Waals surface area contributed by atoms with E-state index >= 15 is 0 Å². The van der Waals surface area contributed by atoms with Crippen molar-refractivity contribution in [1.29, 1.82) is 0 Å². The van der Waals surface area contributed by atoms with Crippen LogP contribution < -0.4 is 15.2 Å². The van der Waals surface area contributed by atoms with E-state index in [-0.39, 0.29) is 17.9 Å². The van der Waals surface area contributed by atoms with Gasteiger partial charge in [-0.25, -0.2) is 18.5 Å². The maximum atomic E-state index is 12.9. The van der Waals surface area contributed by atoms with E-state index in [0.29, 0.717) is 16.3 Å². The zero-order valence-electron chi connectivity index (χ0n) is 22.1. The zero-order chi connectivity index (χ0) is 27.5. The highest BCUT2D eigenvalue weighted by molar-refractivity contribution is 7.89. The Hall–Kier alpha value is -2.88. The number of carbonyl (C=O) groups is 1. The van der Waals surface area contributed by atoms with Gasteiger partial charge in [-0.15, -0.1) is 0 Å². The molecule has 8 nitrogen and oxygen atoms in total. The molecule has 37 heavy (non-hydrogen) atoms. The second kappa shape index (κ2) is 11.2. The molecule has 3 aromatic rings. The third-order valence-corrected chi connectivity index (χ3v) is 6.77. The Labute approximate surface area is 224 Å². The van der Waals surface area contributed by atoms with Crippen molar-refractivity contribution >= 4 is 27.5 Å². The van der Waals surface area contributed by atoms with Gasteiger partial charge in [-0.2, -0.15) is 0 Å². The van der Waals surface area contributed by atoms with Crippen LogP contribution in [-0.4, -0.2) is 41.8 Å². The van der Waals surface area contributed by atoms with E-state index in [1.807, 2.05) is 55.9 Å². The van der Waals surface area contributed by atoms with Gasteiger partial charge in [0.15, 0.2) is 0 Å². The fourth-order valence-electron chi connectivity index (χ4n) is 4.09. The van der Waals surface area contributed by atoms with Gasteiger partial charge in [-0.1, -0.05) is 56.6 Å². The molecule has 0 radical (unpaired) electrons. The second-order valence-electron chi connectivity index (χ2n) is 10.5. The smallest absolute Gasteiger partial charge is 0.251 e. The molecule has 0 bridgehead atoms. The van der Waals surface area contributed by atoms with Gasteiger partial charge in [0.05, 0.1) is 22.6 Å².